The van der Waals surface area contributed by atoms with Crippen LogP contribution in [-0.4, -0.2) is 55.3 Å². The first-order chi connectivity index (χ1) is 20.4. The summed E-state index contributed by atoms with van der Waals surface area (Å²) in [5, 5.41) is 11.9. The summed E-state index contributed by atoms with van der Waals surface area (Å²) < 4.78 is 29.0. The number of ketones is 1. The van der Waals surface area contributed by atoms with Gasteiger partial charge in [-0.25, -0.2) is 4.98 Å². The standard InChI is InChI=1S/C31H28N2O8S/c1-4-38-19-8-9-20-25(16-19)42-31(32-20)33-27(17-6-10-21(39-5-2)23(14-17)37-3)26(29(35)30(33)36)28(34)18-7-11-22-24(15-18)41-13-12-40-22/h6-11,14-16,27,34H,4-5,12-13H2,1-3H3/b28-26-. The van der Waals surface area contributed by atoms with Crippen LogP contribution in [0.3, 0.4) is 0 Å². The number of rotatable bonds is 8. The molecule has 3 aromatic carbocycles. The number of carbonyl (C=O) groups is 2. The van der Waals surface area contributed by atoms with Gasteiger partial charge in [0.2, 0.25) is 0 Å². The van der Waals surface area contributed by atoms with Crippen molar-refractivity contribution in [1.82, 2.24) is 4.98 Å². The van der Waals surface area contributed by atoms with Crippen molar-refractivity contribution in [1.29, 1.82) is 0 Å². The van der Waals surface area contributed by atoms with Crippen LogP contribution in [0.25, 0.3) is 16.0 Å². The molecule has 1 saturated heterocycles. The maximum atomic E-state index is 13.7. The zero-order valence-electron chi connectivity index (χ0n) is 23.2. The molecule has 2 aliphatic heterocycles. The minimum atomic E-state index is -1.00. The van der Waals surface area contributed by atoms with Crippen molar-refractivity contribution in [3.8, 4) is 28.7 Å². The SMILES string of the molecule is CCOc1ccc2nc(N3C(=O)C(=O)/C(=C(\O)c4ccc5c(c4)OCCO5)C3c3ccc(OCC)c(OC)c3)sc2c1. The summed E-state index contributed by atoms with van der Waals surface area (Å²) in [5.41, 5.74) is 1.40. The van der Waals surface area contributed by atoms with Gasteiger partial charge in [0.15, 0.2) is 28.1 Å². The fourth-order valence-corrected chi connectivity index (χ4v) is 6.09. The van der Waals surface area contributed by atoms with E-state index >= 15 is 0 Å². The van der Waals surface area contributed by atoms with Crippen molar-refractivity contribution in [2.45, 2.75) is 19.9 Å². The summed E-state index contributed by atoms with van der Waals surface area (Å²) in [6.07, 6.45) is 0. The highest BCUT2D eigenvalue weighted by atomic mass is 32.1. The van der Waals surface area contributed by atoms with Gasteiger partial charge in [0.25, 0.3) is 5.78 Å². The molecule has 0 spiro atoms. The second-order valence-corrected chi connectivity index (χ2v) is 10.4. The molecule has 4 aromatic rings. The van der Waals surface area contributed by atoms with Crippen LogP contribution in [0, 0.1) is 0 Å². The third-order valence-corrected chi connectivity index (χ3v) is 7.95. The number of anilines is 1. The van der Waals surface area contributed by atoms with Gasteiger partial charge in [-0.15, -0.1) is 0 Å². The van der Waals surface area contributed by atoms with Crippen LogP contribution in [0.5, 0.6) is 28.7 Å². The fraction of sp³-hybridized carbons (Fsp3) is 0.258. The number of hydrogen-bond donors (Lipinski definition) is 1. The molecule has 10 nitrogen and oxygen atoms in total. The molecule has 6 rings (SSSR count). The number of ether oxygens (including phenoxy) is 5. The summed E-state index contributed by atoms with van der Waals surface area (Å²) in [5.74, 6) is 0.590. The fourth-order valence-electron chi connectivity index (χ4n) is 5.07. The summed E-state index contributed by atoms with van der Waals surface area (Å²) in [6, 6.07) is 14.5. The van der Waals surface area contributed by atoms with Gasteiger partial charge in [-0.3, -0.25) is 14.5 Å². The topological polar surface area (TPSA) is 117 Å². The predicted molar refractivity (Wildman–Crippen MR) is 157 cm³/mol. The number of thiazole rings is 1. The van der Waals surface area contributed by atoms with E-state index in [-0.39, 0.29) is 11.3 Å². The van der Waals surface area contributed by atoms with E-state index in [1.54, 1.807) is 48.5 Å². The Morgan fingerprint density at radius 2 is 1.76 bits per heavy atom. The van der Waals surface area contributed by atoms with Gasteiger partial charge in [-0.2, -0.15) is 0 Å². The van der Waals surface area contributed by atoms with Crippen molar-refractivity contribution in [3.05, 3.63) is 71.3 Å². The van der Waals surface area contributed by atoms with E-state index < -0.39 is 17.7 Å². The number of aliphatic hydroxyl groups is 1. The van der Waals surface area contributed by atoms with E-state index in [0.717, 1.165) is 4.70 Å². The highest BCUT2D eigenvalue weighted by Gasteiger charge is 2.48. The van der Waals surface area contributed by atoms with E-state index in [4.69, 9.17) is 23.7 Å². The molecule has 2 aliphatic rings. The molecule has 1 N–H and O–H groups in total. The number of nitrogens with zero attached hydrogens (tertiary/aromatic N) is 2. The average molecular weight is 589 g/mol. The number of aromatic nitrogens is 1. The first-order valence-corrected chi connectivity index (χ1v) is 14.3. The Balaban J connectivity index is 1.53. The van der Waals surface area contributed by atoms with Gasteiger partial charge in [0.05, 0.1) is 42.2 Å². The maximum absolute atomic E-state index is 13.7. The molecule has 42 heavy (non-hydrogen) atoms. The van der Waals surface area contributed by atoms with E-state index in [9.17, 15) is 14.7 Å². The number of carbonyl (C=O) groups excluding carboxylic acids is 2. The average Bonchev–Trinajstić information content (AvgIpc) is 3.54. The zero-order chi connectivity index (χ0) is 29.4. The third kappa shape index (κ3) is 4.75. The Hall–Kier alpha value is -4.77. The van der Waals surface area contributed by atoms with Gasteiger partial charge in [-0.05, 0) is 67.9 Å². The molecule has 1 unspecified atom stereocenters. The maximum Gasteiger partial charge on any atom is 0.301 e. The van der Waals surface area contributed by atoms with Crippen LogP contribution in [0.2, 0.25) is 0 Å². The van der Waals surface area contributed by atoms with Gasteiger partial charge in [-0.1, -0.05) is 17.4 Å². The van der Waals surface area contributed by atoms with E-state index in [0.29, 0.717) is 77.0 Å². The van der Waals surface area contributed by atoms with E-state index in [2.05, 4.69) is 4.98 Å². The highest BCUT2D eigenvalue weighted by molar-refractivity contribution is 7.22. The molecule has 1 aromatic heterocycles. The Kier molecular flexibility index (Phi) is 7.34. The molecule has 0 aliphatic carbocycles. The van der Waals surface area contributed by atoms with Crippen LogP contribution in [0.1, 0.15) is 31.0 Å². The molecule has 3 heterocycles. The molecule has 1 fully saturated rings. The summed E-state index contributed by atoms with van der Waals surface area (Å²) in [4.78, 5) is 33.4. The third-order valence-electron chi connectivity index (χ3n) is 6.93. The number of benzene rings is 3. The smallest absolute Gasteiger partial charge is 0.301 e. The van der Waals surface area contributed by atoms with Crippen LogP contribution in [-0.2, 0) is 9.59 Å². The molecule has 216 valence electrons. The lowest BCUT2D eigenvalue weighted by molar-refractivity contribution is -0.132. The minimum absolute atomic E-state index is 0.0860. The van der Waals surface area contributed by atoms with Crippen molar-refractivity contribution in [2.75, 3.05) is 38.4 Å². The second-order valence-electron chi connectivity index (χ2n) is 9.43. The van der Waals surface area contributed by atoms with Crippen LogP contribution < -0.4 is 28.6 Å². The van der Waals surface area contributed by atoms with Crippen molar-refractivity contribution in [3.63, 3.8) is 0 Å². The number of methoxy groups -OCH3 is 1. The van der Waals surface area contributed by atoms with Crippen molar-refractivity contribution >= 4 is 44.1 Å². The molecule has 11 heteroatoms. The molecule has 0 saturated carbocycles. The molecular formula is C31H28N2O8S. The number of amides is 1. The Morgan fingerprint density at radius 1 is 0.976 bits per heavy atom. The quantitative estimate of drug-likeness (QED) is 0.162. The van der Waals surface area contributed by atoms with Crippen LogP contribution in [0.4, 0.5) is 5.13 Å². The van der Waals surface area contributed by atoms with E-state index in [1.165, 1.54) is 23.3 Å². The van der Waals surface area contributed by atoms with Crippen LogP contribution >= 0.6 is 11.3 Å². The predicted octanol–water partition coefficient (Wildman–Crippen LogP) is 5.50. The zero-order valence-corrected chi connectivity index (χ0v) is 24.0. The normalized spacial score (nSPS) is 17.5. The monoisotopic (exact) mass is 588 g/mol. The highest BCUT2D eigenvalue weighted by Crippen LogP contribution is 2.46. The minimum Gasteiger partial charge on any atom is -0.507 e. The Bertz CT molecular complexity index is 1730. The summed E-state index contributed by atoms with van der Waals surface area (Å²) in [7, 11) is 1.51. The van der Waals surface area contributed by atoms with Crippen molar-refractivity contribution < 1.29 is 38.4 Å². The van der Waals surface area contributed by atoms with Gasteiger partial charge in [0, 0.05) is 5.56 Å². The molecule has 1 amide bonds. The largest absolute Gasteiger partial charge is 0.507 e. The molecular weight excluding hydrogens is 560 g/mol. The lowest BCUT2D eigenvalue weighted by Gasteiger charge is -2.24. The first kappa shape index (κ1) is 27.4. The second kappa shape index (κ2) is 11.2. The van der Waals surface area contributed by atoms with Gasteiger partial charge in [0.1, 0.15) is 24.7 Å². The number of hydrogen-bond acceptors (Lipinski definition) is 10. The number of fused-ring (bicyclic) bond motifs is 2. The van der Waals surface area contributed by atoms with Crippen LogP contribution in [0.15, 0.2) is 60.2 Å². The van der Waals surface area contributed by atoms with Gasteiger partial charge < -0.3 is 28.8 Å². The number of Topliss-reactive ketones (excluding diaryl/α,β-unsaturated/α-hetero) is 1. The molecule has 0 radical (unpaired) electrons. The molecule has 0 bridgehead atoms. The summed E-state index contributed by atoms with van der Waals surface area (Å²) >= 11 is 1.25. The lowest BCUT2D eigenvalue weighted by Crippen LogP contribution is -2.29. The van der Waals surface area contributed by atoms with E-state index in [1.807, 2.05) is 19.9 Å². The first-order valence-electron chi connectivity index (χ1n) is 13.5. The Morgan fingerprint density at radius 3 is 2.52 bits per heavy atom. The molecule has 1 atom stereocenters. The number of aliphatic hydroxyl groups excluding tert-OH is 1. The van der Waals surface area contributed by atoms with Crippen molar-refractivity contribution in [2.24, 2.45) is 0 Å². The Labute approximate surface area is 245 Å². The summed E-state index contributed by atoms with van der Waals surface area (Å²) in [6.45, 7) is 5.46. The lowest BCUT2D eigenvalue weighted by atomic mass is 9.95. The van der Waals surface area contributed by atoms with Gasteiger partial charge >= 0.3 is 5.91 Å².